The smallest absolute Gasteiger partial charge is 0.366 e. The first-order valence-electron chi connectivity index (χ1n) is 4.16. The SMILES string of the molecule is O=[N+]([O-])c1[nH]ncc1NCc1cn[nH]c1. The van der Waals surface area contributed by atoms with Gasteiger partial charge in [-0.15, -0.1) is 5.10 Å². The van der Waals surface area contributed by atoms with Gasteiger partial charge in [0.15, 0.2) is 5.69 Å². The van der Waals surface area contributed by atoms with Crippen molar-refractivity contribution in [3.63, 3.8) is 0 Å². The van der Waals surface area contributed by atoms with Crippen LogP contribution in [-0.2, 0) is 6.54 Å². The summed E-state index contributed by atoms with van der Waals surface area (Å²) in [5.74, 6) is -0.140. The molecule has 0 aliphatic rings. The largest absolute Gasteiger partial charge is 0.373 e. The summed E-state index contributed by atoms with van der Waals surface area (Å²) >= 11 is 0. The van der Waals surface area contributed by atoms with E-state index in [0.29, 0.717) is 12.2 Å². The molecule has 0 spiro atoms. The van der Waals surface area contributed by atoms with E-state index in [9.17, 15) is 10.1 Å². The second kappa shape index (κ2) is 3.78. The van der Waals surface area contributed by atoms with Crippen LogP contribution in [0.2, 0.25) is 0 Å². The van der Waals surface area contributed by atoms with Crippen LogP contribution in [0, 0.1) is 10.1 Å². The molecule has 0 aliphatic carbocycles. The van der Waals surface area contributed by atoms with E-state index >= 15 is 0 Å². The summed E-state index contributed by atoms with van der Waals surface area (Å²) in [6.45, 7) is 0.455. The summed E-state index contributed by atoms with van der Waals surface area (Å²) in [6, 6.07) is 0. The number of anilines is 1. The van der Waals surface area contributed by atoms with E-state index in [1.54, 1.807) is 12.4 Å². The van der Waals surface area contributed by atoms with Crippen molar-refractivity contribution in [3.8, 4) is 0 Å². The lowest BCUT2D eigenvalue weighted by molar-refractivity contribution is -0.388. The predicted molar refractivity (Wildman–Crippen MR) is 51.2 cm³/mol. The molecule has 8 heteroatoms. The molecule has 2 rings (SSSR count). The van der Waals surface area contributed by atoms with Gasteiger partial charge in [0.05, 0.1) is 6.20 Å². The molecular weight excluding hydrogens is 200 g/mol. The number of aromatic nitrogens is 4. The van der Waals surface area contributed by atoms with Gasteiger partial charge in [-0.3, -0.25) is 5.10 Å². The number of rotatable bonds is 4. The number of nitro groups is 1. The third-order valence-electron chi connectivity index (χ3n) is 1.84. The van der Waals surface area contributed by atoms with E-state index in [1.807, 2.05) is 0 Å². The molecule has 78 valence electrons. The molecular formula is C7H8N6O2. The number of nitrogens with zero attached hydrogens (tertiary/aromatic N) is 3. The summed E-state index contributed by atoms with van der Waals surface area (Å²) in [4.78, 5) is 10.00. The van der Waals surface area contributed by atoms with Crippen LogP contribution in [0.3, 0.4) is 0 Å². The van der Waals surface area contributed by atoms with Crippen LogP contribution >= 0.6 is 0 Å². The third kappa shape index (κ3) is 1.93. The summed E-state index contributed by atoms with van der Waals surface area (Å²) in [6.07, 6.45) is 4.72. The van der Waals surface area contributed by atoms with Crippen LogP contribution in [0.5, 0.6) is 0 Å². The molecule has 2 aromatic heterocycles. The Hall–Kier alpha value is -2.38. The summed E-state index contributed by atoms with van der Waals surface area (Å²) in [5.41, 5.74) is 1.27. The molecule has 0 amide bonds. The van der Waals surface area contributed by atoms with Crippen LogP contribution in [0.25, 0.3) is 0 Å². The van der Waals surface area contributed by atoms with E-state index in [0.717, 1.165) is 5.56 Å². The van der Waals surface area contributed by atoms with E-state index in [2.05, 4.69) is 25.7 Å². The van der Waals surface area contributed by atoms with Gasteiger partial charge in [0, 0.05) is 18.3 Å². The van der Waals surface area contributed by atoms with Crippen LogP contribution in [0.4, 0.5) is 11.5 Å². The van der Waals surface area contributed by atoms with Crippen molar-refractivity contribution in [3.05, 3.63) is 34.3 Å². The van der Waals surface area contributed by atoms with Gasteiger partial charge in [-0.05, 0) is 4.92 Å². The number of hydrogen-bond donors (Lipinski definition) is 3. The first kappa shape index (κ1) is 9.19. The van der Waals surface area contributed by atoms with Crippen LogP contribution in [0.1, 0.15) is 5.56 Å². The van der Waals surface area contributed by atoms with Crippen molar-refractivity contribution in [1.29, 1.82) is 0 Å². The number of nitrogens with one attached hydrogen (secondary N) is 3. The molecule has 0 fully saturated rings. The quantitative estimate of drug-likeness (QED) is 0.504. The fraction of sp³-hybridized carbons (Fsp3) is 0.143. The van der Waals surface area contributed by atoms with Crippen molar-refractivity contribution in [2.75, 3.05) is 5.32 Å². The van der Waals surface area contributed by atoms with Gasteiger partial charge in [-0.25, -0.2) is 0 Å². The molecule has 2 aromatic rings. The zero-order valence-corrected chi connectivity index (χ0v) is 7.60. The second-order valence-corrected chi connectivity index (χ2v) is 2.85. The topological polar surface area (TPSA) is 113 Å². The van der Waals surface area contributed by atoms with Gasteiger partial charge in [-0.1, -0.05) is 5.10 Å². The lowest BCUT2D eigenvalue weighted by Gasteiger charge is -2.00. The maximum absolute atomic E-state index is 10.5. The molecule has 0 saturated carbocycles. The van der Waals surface area contributed by atoms with Crippen molar-refractivity contribution >= 4 is 11.5 Å². The fourth-order valence-electron chi connectivity index (χ4n) is 1.12. The Morgan fingerprint density at radius 3 is 3.00 bits per heavy atom. The van der Waals surface area contributed by atoms with Gasteiger partial charge < -0.3 is 15.4 Å². The van der Waals surface area contributed by atoms with E-state index in [4.69, 9.17) is 0 Å². The Bertz CT molecular complexity index is 448. The molecule has 0 unspecified atom stereocenters. The first-order valence-corrected chi connectivity index (χ1v) is 4.16. The number of aromatic amines is 2. The first-order chi connectivity index (χ1) is 7.27. The molecule has 0 radical (unpaired) electrons. The molecule has 15 heavy (non-hydrogen) atoms. The van der Waals surface area contributed by atoms with Crippen LogP contribution < -0.4 is 5.32 Å². The van der Waals surface area contributed by atoms with Crippen molar-refractivity contribution in [1.82, 2.24) is 20.4 Å². The van der Waals surface area contributed by atoms with Crippen LogP contribution in [-0.4, -0.2) is 25.3 Å². The molecule has 8 nitrogen and oxygen atoms in total. The number of hydrogen-bond acceptors (Lipinski definition) is 5. The van der Waals surface area contributed by atoms with Gasteiger partial charge in [0.1, 0.15) is 6.20 Å². The zero-order chi connectivity index (χ0) is 10.7. The molecule has 2 heterocycles. The Morgan fingerprint density at radius 2 is 2.33 bits per heavy atom. The highest BCUT2D eigenvalue weighted by molar-refractivity contribution is 5.55. The zero-order valence-electron chi connectivity index (χ0n) is 7.60. The standard InChI is InChI=1S/C7H8N6O2/c14-13(15)7-6(4-11-12-7)8-1-5-2-9-10-3-5/h2-4,8H,1H2,(H,9,10)(H,11,12). The van der Waals surface area contributed by atoms with Gasteiger partial charge in [0.25, 0.3) is 0 Å². The number of H-pyrrole nitrogens is 2. The minimum absolute atomic E-state index is 0.140. The van der Waals surface area contributed by atoms with E-state index in [-0.39, 0.29) is 5.82 Å². The minimum Gasteiger partial charge on any atom is -0.373 e. The maximum atomic E-state index is 10.5. The average molecular weight is 208 g/mol. The Balaban J connectivity index is 2.05. The predicted octanol–water partition coefficient (Wildman–Crippen LogP) is 0.653. The fourth-order valence-corrected chi connectivity index (χ4v) is 1.12. The molecule has 0 aromatic carbocycles. The average Bonchev–Trinajstić information content (AvgIpc) is 2.86. The molecule has 0 saturated heterocycles. The highest BCUT2D eigenvalue weighted by Crippen LogP contribution is 2.20. The van der Waals surface area contributed by atoms with Gasteiger partial charge in [-0.2, -0.15) is 5.10 Å². The monoisotopic (exact) mass is 208 g/mol. The summed E-state index contributed by atoms with van der Waals surface area (Å²) in [5, 5.41) is 25.7. The summed E-state index contributed by atoms with van der Waals surface area (Å²) < 4.78 is 0. The van der Waals surface area contributed by atoms with Crippen LogP contribution in [0.15, 0.2) is 18.6 Å². The minimum atomic E-state index is -0.523. The van der Waals surface area contributed by atoms with Gasteiger partial charge >= 0.3 is 5.82 Å². The van der Waals surface area contributed by atoms with Gasteiger partial charge in [0.2, 0.25) is 0 Å². The molecule has 0 atom stereocenters. The summed E-state index contributed by atoms with van der Waals surface area (Å²) in [7, 11) is 0. The lowest BCUT2D eigenvalue weighted by Crippen LogP contribution is -2.00. The molecule has 0 bridgehead atoms. The second-order valence-electron chi connectivity index (χ2n) is 2.85. The van der Waals surface area contributed by atoms with E-state index < -0.39 is 4.92 Å². The normalized spacial score (nSPS) is 10.1. The van der Waals surface area contributed by atoms with Crippen molar-refractivity contribution < 1.29 is 4.92 Å². The molecule has 0 aliphatic heterocycles. The van der Waals surface area contributed by atoms with Crippen molar-refractivity contribution in [2.24, 2.45) is 0 Å². The third-order valence-corrected chi connectivity index (χ3v) is 1.84. The Labute approximate surface area is 83.9 Å². The van der Waals surface area contributed by atoms with Crippen molar-refractivity contribution in [2.45, 2.75) is 6.54 Å². The molecule has 3 N–H and O–H groups in total. The highest BCUT2D eigenvalue weighted by Gasteiger charge is 2.13. The lowest BCUT2D eigenvalue weighted by atomic mass is 10.3. The van der Waals surface area contributed by atoms with E-state index in [1.165, 1.54) is 6.20 Å². The Morgan fingerprint density at radius 1 is 1.47 bits per heavy atom. The maximum Gasteiger partial charge on any atom is 0.366 e. The Kier molecular flexibility index (Phi) is 2.31. The highest BCUT2D eigenvalue weighted by atomic mass is 16.6.